The predicted molar refractivity (Wildman–Crippen MR) is 70.9 cm³/mol. The van der Waals surface area contributed by atoms with Gasteiger partial charge >= 0.3 is 0 Å². The van der Waals surface area contributed by atoms with Gasteiger partial charge in [-0.3, -0.25) is 4.79 Å². The Morgan fingerprint density at radius 3 is 3.22 bits per heavy atom. The first-order valence-electron chi connectivity index (χ1n) is 5.89. The lowest BCUT2D eigenvalue weighted by Crippen LogP contribution is -2.25. The molecule has 0 atom stereocenters. The Balaban J connectivity index is 1.88. The first-order valence-corrected chi connectivity index (χ1v) is 6.66. The molecule has 0 radical (unpaired) electrons. The van der Waals surface area contributed by atoms with Crippen molar-refractivity contribution in [2.45, 2.75) is 13.3 Å². The van der Waals surface area contributed by atoms with Crippen LogP contribution in [0.5, 0.6) is 0 Å². The number of aromatic nitrogens is 2. The molecule has 1 aromatic carbocycles. The summed E-state index contributed by atoms with van der Waals surface area (Å²) in [6.07, 6.45) is 0.820. The number of rotatable bonds is 6. The van der Waals surface area contributed by atoms with E-state index in [-0.39, 0.29) is 5.91 Å². The van der Waals surface area contributed by atoms with Crippen LogP contribution in [0.15, 0.2) is 18.2 Å². The minimum Gasteiger partial charge on any atom is -0.382 e. The number of hydrogen-bond donors (Lipinski definition) is 1. The van der Waals surface area contributed by atoms with Crippen LogP contribution in [0.4, 0.5) is 0 Å². The Morgan fingerprint density at radius 1 is 1.50 bits per heavy atom. The quantitative estimate of drug-likeness (QED) is 0.810. The normalized spacial score (nSPS) is 10.7. The fraction of sp³-hybridized carbons (Fsp3) is 0.417. The molecule has 2 rings (SSSR count). The highest BCUT2D eigenvalue weighted by Crippen LogP contribution is 2.16. The van der Waals surface area contributed by atoms with Crippen molar-refractivity contribution in [1.82, 2.24) is 14.9 Å². The van der Waals surface area contributed by atoms with Crippen molar-refractivity contribution in [2.24, 2.45) is 0 Å². The number of carbonyl (C=O) groups excluding carboxylic acids is 1. The lowest BCUT2D eigenvalue weighted by Gasteiger charge is -2.05. The van der Waals surface area contributed by atoms with Crippen LogP contribution in [-0.4, -0.2) is 35.3 Å². The summed E-state index contributed by atoms with van der Waals surface area (Å²) in [4.78, 5) is 11.8. The van der Waals surface area contributed by atoms with E-state index in [1.54, 1.807) is 12.1 Å². The van der Waals surface area contributed by atoms with Crippen LogP contribution in [-0.2, 0) is 4.74 Å². The Bertz CT molecular complexity index is 527. The number of nitrogens with one attached hydrogen (secondary N) is 1. The number of nitrogens with zero attached hydrogens (tertiary/aromatic N) is 2. The summed E-state index contributed by atoms with van der Waals surface area (Å²) in [5, 5.41) is 6.80. The molecule has 0 bridgehead atoms. The van der Waals surface area contributed by atoms with E-state index in [1.807, 2.05) is 13.0 Å². The van der Waals surface area contributed by atoms with Crippen LogP contribution in [0.1, 0.15) is 23.7 Å². The van der Waals surface area contributed by atoms with E-state index in [1.165, 1.54) is 11.5 Å². The van der Waals surface area contributed by atoms with Crippen molar-refractivity contribution >= 4 is 27.7 Å². The molecular weight excluding hydrogens is 250 g/mol. The van der Waals surface area contributed by atoms with Gasteiger partial charge in [0.1, 0.15) is 5.52 Å². The van der Waals surface area contributed by atoms with Crippen LogP contribution in [0.3, 0.4) is 0 Å². The molecule has 0 aliphatic carbocycles. The molecule has 0 aliphatic rings. The highest BCUT2D eigenvalue weighted by molar-refractivity contribution is 7.12. The zero-order chi connectivity index (χ0) is 12.8. The van der Waals surface area contributed by atoms with Crippen molar-refractivity contribution < 1.29 is 9.53 Å². The van der Waals surface area contributed by atoms with Crippen LogP contribution in [0, 0.1) is 0 Å². The van der Waals surface area contributed by atoms with Gasteiger partial charge in [0.15, 0.2) is 0 Å². The summed E-state index contributed by atoms with van der Waals surface area (Å²) in [5.74, 6) is -0.0820. The molecule has 1 heterocycles. The molecule has 0 spiro atoms. The number of ether oxygens (including phenoxy) is 1. The summed E-state index contributed by atoms with van der Waals surface area (Å²) in [6, 6.07) is 5.42. The van der Waals surface area contributed by atoms with Crippen molar-refractivity contribution in [2.75, 3.05) is 19.8 Å². The van der Waals surface area contributed by atoms with Gasteiger partial charge in [0.05, 0.1) is 4.70 Å². The third-order valence-electron chi connectivity index (χ3n) is 2.46. The van der Waals surface area contributed by atoms with Gasteiger partial charge in [-0.15, -0.1) is 5.10 Å². The SMILES string of the molecule is CCOCCCNC(=O)c1ccc2snnc2c1. The average molecular weight is 265 g/mol. The highest BCUT2D eigenvalue weighted by atomic mass is 32.1. The standard InChI is InChI=1S/C12H15N3O2S/c1-2-17-7-3-6-13-12(16)9-4-5-11-10(8-9)14-15-18-11/h4-5,8H,2-3,6-7H2,1H3,(H,13,16). The third-order valence-corrected chi connectivity index (χ3v) is 3.17. The Morgan fingerprint density at radius 2 is 2.39 bits per heavy atom. The Kier molecular flexibility index (Phi) is 4.60. The summed E-state index contributed by atoms with van der Waals surface area (Å²) in [7, 11) is 0. The number of amides is 1. The van der Waals surface area contributed by atoms with E-state index in [9.17, 15) is 4.79 Å². The van der Waals surface area contributed by atoms with Crippen LogP contribution >= 0.6 is 11.5 Å². The summed E-state index contributed by atoms with van der Waals surface area (Å²) < 4.78 is 10.0. The fourth-order valence-electron chi connectivity index (χ4n) is 1.54. The zero-order valence-corrected chi connectivity index (χ0v) is 11.0. The molecule has 0 aliphatic heterocycles. The second-order valence-electron chi connectivity index (χ2n) is 3.76. The molecule has 0 saturated carbocycles. The number of carbonyl (C=O) groups is 1. The second kappa shape index (κ2) is 6.42. The maximum atomic E-state index is 11.8. The topological polar surface area (TPSA) is 64.1 Å². The maximum absolute atomic E-state index is 11.8. The molecule has 1 aromatic heterocycles. The van der Waals surface area contributed by atoms with E-state index in [0.717, 1.165) is 16.6 Å². The van der Waals surface area contributed by atoms with Crippen LogP contribution in [0.25, 0.3) is 10.2 Å². The molecule has 1 amide bonds. The first-order chi connectivity index (χ1) is 8.81. The van der Waals surface area contributed by atoms with Gasteiger partial charge < -0.3 is 10.1 Å². The molecular formula is C12H15N3O2S. The van der Waals surface area contributed by atoms with Crippen molar-refractivity contribution in [3.63, 3.8) is 0 Å². The summed E-state index contributed by atoms with van der Waals surface area (Å²) in [5.41, 5.74) is 1.38. The van der Waals surface area contributed by atoms with Gasteiger partial charge in [-0.1, -0.05) is 4.49 Å². The van der Waals surface area contributed by atoms with Gasteiger partial charge in [-0.2, -0.15) is 0 Å². The molecule has 1 N–H and O–H groups in total. The molecule has 96 valence electrons. The van der Waals surface area contributed by atoms with Gasteiger partial charge in [0, 0.05) is 25.3 Å². The zero-order valence-electron chi connectivity index (χ0n) is 10.2. The third kappa shape index (κ3) is 3.24. The van der Waals surface area contributed by atoms with Gasteiger partial charge in [-0.05, 0) is 43.1 Å². The first kappa shape index (κ1) is 12.9. The van der Waals surface area contributed by atoms with E-state index in [2.05, 4.69) is 14.9 Å². The van der Waals surface area contributed by atoms with Crippen LogP contribution in [0.2, 0.25) is 0 Å². The highest BCUT2D eigenvalue weighted by Gasteiger charge is 2.07. The molecule has 6 heteroatoms. The minimum atomic E-state index is -0.0820. The van der Waals surface area contributed by atoms with Crippen molar-refractivity contribution in [3.05, 3.63) is 23.8 Å². The van der Waals surface area contributed by atoms with Gasteiger partial charge in [-0.25, -0.2) is 0 Å². The molecule has 0 saturated heterocycles. The predicted octanol–water partition coefficient (Wildman–Crippen LogP) is 1.85. The molecule has 0 unspecified atom stereocenters. The summed E-state index contributed by atoms with van der Waals surface area (Å²) in [6.45, 7) is 3.95. The molecule has 2 aromatic rings. The lowest BCUT2D eigenvalue weighted by molar-refractivity contribution is 0.0944. The lowest BCUT2D eigenvalue weighted by atomic mass is 10.2. The summed E-state index contributed by atoms with van der Waals surface area (Å²) >= 11 is 1.33. The van der Waals surface area contributed by atoms with E-state index in [4.69, 9.17) is 4.74 Å². The average Bonchev–Trinajstić information content (AvgIpc) is 2.85. The van der Waals surface area contributed by atoms with E-state index < -0.39 is 0 Å². The number of hydrogen-bond acceptors (Lipinski definition) is 5. The molecule has 18 heavy (non-hydrogen) atoms. The monoisotopic (exact) mass is 265 g/mol. The number of fused-ring (bicyclic) bond motifs is 1. The van der Waals surface area contributed by atoms with E-state index in [0.29, 0.717) is 25.3 Å². The fourth-order valence-corrected chi connectivity index (χ4v) is 2.08. The molecule has 5 nitrogen and oxygen atoms in total. The Hall–Kier alpha value is -1.53. The van der Waals surface area contributed by atoms with Gasteiger partial charge in [0.25, 0.3) is 5.91 Å². The minimum absolute atomic E-state index is 0.0820. The van der Waals surface area contributed by atoms with Crippen LogP contribution < -0.4 is 5.32 Å². The van der Waals surface area contributed by atoms with Gasteiger partial charge in [0.2, 0.25) is 0 Å². The molecule has 0 fully saturated rings. The van der Waals surface area contributed by atoms with Crippen molar-refractivity contribution in [1.29, 1.82) is 0 Å². The smallest absolute Gasteiger partial charge is 0.251 e. The number of benzene rings is 1. The Labute approximate surface area is 109 Å². The maximum Gasteiger partial charge on any atom is 0.251 e. The largest absolute Gasteiger partial charge is 0.382 e. The van der Waals surface area contributed by atoms with E-state index >= 15 is 0 Å². The van der Waals surface area contributed by atoms with Crippen molar-refractivity contribution in [3.8, 4) is 0 Å². The second-order valence-corrected chi connectivity index (χ2v) is 4.55.